The second-order valence-electron chi connectivity index (χ2n) is 10.8. The molecule has 0 heterocycles. The largest absolute Gasteiger partial charge is 0.352 e. The van der Waals surface area contributed by atoms with Gasteiger partial charge in [0.05, 0.1) is 0 Å². The van der Waals surface area contributed by atoms with Crippen molar-refractivity contribution in [1.82, 2.24) is 5.32 Å². The highest BCUT2D eigenvalue weighted by Crippen LogP contribution is 2.66. The number of carbonyl (C=O) groups excluding carboxylic acids is 2. The van der Waals surface area contributed by atoms with Crippen molar-refractivity contribution in [2.75, 3.05) is 0 Å². The van der Waals surface area contributed by atoms with E-state index in [4.69, 9.17) is 0 Å². The minimum atomic E-state index is 0.129. The third-order valence-corrected chi connectivity index (χ3v) is 9.59. The van der Waals surface area contributed by atoms with Crippen molar-refractivity contribution < 1.29 is 9.59 Å². The summed E-state index contributed by atoms with van der Waals surface area (Å²) in [5.74, 6) is 2.79. The molecule has 3 heteroatoms. The number of ketones is 1. The molecular formula is C27H35NO2. The predicted molar refractivity (Wildman–Crippen MR) is 118 cm³/mol. The lowest BCUT2D eigenvalue weighted by molar-refractivity contribution is -0.132. The second-order valence-corrected chi connectivity index (χ2v) is 10.8. The number of hydrogen-bond acceptors (Lipinski definition) is 2. The molecule has 5 rings (SSSR count). The summed E-state index contributed by atoms with van der Waals surface area (Å²) in [6.07, 6.45) is 10.6. The molecule has 4 aliphatic carbocycles. The van der Waals surface area contributed by atoms with Crippen molar-refractivity contribution in [3.63, 3.8) is 0 Å². The van der Waals surface area contributed by atoms with E-state index in [1.165, 1.54) is 30.4 Å². The Labute approximate surface area is 180 Å². The van der Waals surface area contributed by atoms with Crippen LogP contribution in [0.3, 0.4) is 0 Å². The van der Waals surface area contributed by atoms with Crippen LogP contribution in [0.5, 0.6) is 0 Å². The molecule has 3 fully saturated rings. The van der Waals surface area contributed by atoms with Gasteiger partial charge in [0.1, 0.15) is 0 Å². The molecule has 6 atom stereocenters. The fourth-order valence-electron chi connectivity index (χ4n) is 7.90. The van der Waals surface area contributed by atoms with E-state index in [-0.39, 0.29) is 22.7 Å². The molecule has 3 nitrogen and oxygen atoms in total. The molecule has 0 saturated heterocycles. The van der Waals surface area contributed by atoms with Gasteiger partial charge in [-0.2, -0.15) is 0 Å². The summed E-state index contributed by atoms with van der Waals surface area (Å²) in [7, 11) is 0. The van der Waals surface area contributed by atoms with Crippen LogP contribution in [0, 0.1) is 34.5 Å². The Morgan fingerprint density at radius 3 is 2.60 bits per heavy atom. The van der Waals surface area contributed by atoms with Gasteiger partial charge in [0.15, 0.2) is 5.78 Å². The monoisotopic (exact) mass is 405 g/mol. The number of fused-ring (bicyclic) bond motifs is 5. The normalized spacial score (nSPS) is 40.1. The summed E-state index contributed by atoms with van der Waals surface area (Å²) in [4.78, 5) is 25.2. The number of benzene rings is 1. The maximum atomic E-state index is 13.2. The predicted octanol–water partition coefficient (Wildman–Crippen LogP) is 5.45. The van der Waals surface area contributed by atoms with Crippen LogP contribution < -0.4 is 5.32 Å². The van der Waals surface area contributed by atoms with Gasteiger partial charge in [0.2, 0.25) is 5.91 Å². The lowest BCUT2D eigenvalue weighted by Gasteiger charge is -2.58. The Hall–Kier alpha value is -1.90. The number of amides is 1. The molecule has 160 valence electrons. The Kier molecular flexibility index (Phi) is 4.91. The fourth-order valence-corrected chi connectivity index (χ4v) is 7.90. The molecule has 1 amide bonds. The van der Waals surface area contributed by atoms with Crippen LogP contribution >= 0.6 is 0 Å². The topological polar surface area (TPSA) is 46.2 Å². The fraction of sp³-hybridized carbons (Fsp3) is 0.630. The number of carbonyl (C=O) groups is 2. The number of allylic oxidation sites excluding steroid dienone is 1. The molecule has 0 unspecified atom stereocenters. The summed E-state index contributed by atoms with van der Waals surface area (Å²) in [6.45, 7) is 5.47. The van der Waals surface area contributed by atoms with Gasteiger partial charge in [-0.05, 0) is 85.2 Å². The lowest BCUT2D eigenvalue weighted by atomic mass is 9.47. The first-order valence-electron chi connectivity index (χ1n) is 12.0. The minimum Gasteiger partial charge on any atom is -0.352 e. The standard InChI is InChI=1S/C27H35NO2/c1-26-14-12-20(29)16-19(26)8-9-21-22-10-11-24(27(22,2)15-13-23(21)26)25(30)28-17-18-6-4-3-5-7-18/h3-7,16,21-24H,8-15,17H2,1-2H3,(H,28,30)/t21-,22-,23-,24+,26-,27-/m0/s1. The Balaban J connectivity index is 1.32. The molecule has 1 aromatic rings. The Bertz CT molecular complexity index is 874. The van der Waals surface area contributed by atoms with E-state index in [9.17, 15) is 9.59 Å². The Morgan fingerprint density at radius 2 is 1.80 bits per heavy atom. The van der Waals surface area contributed by atoms with E-state index in [1.54, 1.807) is 0 Å². The third kappa shape index (κ3) is 3.08. The molecule has 1 aromatic carbocycles. The van der Waals surface area contributed by atoms with Crippen molar-refractivity contribution >= 4 is 11.7 Å². The van der Waals surface area contributed by atoms with Gasteiger partial charge in [0.25, 0.3) is 0 Å². The average molecular weight is 406 g/mol. The lowest BCUT2D eigenvalue weighted by Crippen LogP contribution is -2.51. The Morgan fingerprint density at radius 1 is 1.00 bits per heavy atom. The maximum absolute atomic E-state index is 13.2. The first-order valence-corrected chi connectivity index (χ1v) is 12.0. The van der Waals surface area contributed by atoms with Gasteiger partial charge >= 0.3 is 0 Å². The average Bonchev–Trinajstić information content (AvgIpc) is 3.10. The van der Waals surface area contributed by atoms with Crippen LogP contribution in [0.2, 0.25) is 0 Å². The number of rotatable bonds is 3. The minimum absolute atomic E-state index is 0.129. The SMILES string of the molecule is C[C@]12CC[C@H]3[C@@H](CCC4=CC(=O)CC[C@@]43C)[C@@H]1CC[C@@H]2C(=O)NCc1ccccc1. The first-order chi connectivity index (χ1) is 14.4. The number of nitrogens with one attached hydrogen (secondary N) is 1. The van der Waals surface area contributed by atoms with Gasteiger partial charge in [0, 0.05) is 18.9 Å². The summed E-state index contributed by atoms with van der Waals surface area (Å²) >= 11 is 0. The van der Waals surface area contributed by atoms with Crippen LogP contribution in [0.15, 0.2) is 42.0 Å². The van der Waals surface area contributed by atoms with Gasteiger partial charge in [-0.1, -0.05) is 49.8 Å². The summed E-state index contributed by atoms with van der Waals surface area (Å²) in [5, 5.41) is 3.24. The van der Waals surface area contributed by atoms with Crippen molar-refractivity contribution in [3.05, 3.63) is 47.5 Å². The quantitative estimate of drug-likeness (QED) is 0.727. The molecule has 3 saturated carbocycles. The number of hydrogen-bond donors (Lipinski definition) is 1. The highest BCUT2D eigenvalue weighted by atomic mass is 16.2. The van der Waals surface area contributed by atoms with Crippen LogP contribution in [0.4, 0.5) is 0 Å². The smallest absolute Gasteiger partial charge is 0.223 e. The first kappa shape index (κ1) is 20.0. The maximum Gasteiger partial charge on any atom is 0.223 e. The molecule has 0 aliphatic heterocycles. The molecule has 0 radical (unpaired) electrons. The zero-order chi connectivity index (χ0) is 20.9. The molecular weight excluding hydrogens is 370 g/mol. The van der Waals surface area contributed by atoms with Gasteiger partial charge in [-0.25, -0.2) is 0 Å². The summed E-state index contributed by atoms with van der Waals surface area (Å²) in [6, 6.07) is 10.2. The van der Waals surface area contributed by atoms with E-state index in [0.29, 0.717) is 30.1 Å². The van der Waals surface area contributed by atoms with Crippen LogP contribution in [0.1, 0.15) is 70.8 Å². The van der Waals surface area contributed by atoms with Crippen LogP contribution in [0.25, 0.3) is 0 Å². The molecule has 30 heavy (non-hydrogen) atoms. The van der Waals surface area contributed by atoms with Gasteiger partial charge < -0.3 is 5.32 Å². The highest BCUT2D eigenvalue weighted by Gasteiger charge is 2.60. The summed E-state index contributed by atoms with van der Waals surface area (Å²) < 4.78 is 0. The van der Waals surface area contributed by atoms with E-state index in [2.05, 4.69) is 31.3 Å². The van der Waals surface area contributed by atoms with E-state index >= 15 is 0 Å². The van der Waals surface area contributed by atoms with Crippen molar-refractivity contribution in [1.29, 1.82) is 0 Å². The second kappa shape index (κ2) is 7.35. The van der Waals surface area contributed by atoms with Crippen molar-refractivity contribution in [2.24, 2.45) is 34.5 Å². The highest BCUT2D eigenvalue weighted by molar-refractivity contribution is 5.91. The van der Waals surface area contributed by atoms with Crippen molar-refractivity contribution in [2.45, 2.75) is 71.8 Å². The zero-order valence-corrected chi connectivity index (χ0v) is 18.5. The van der Waals surface area contributed by atoms with E-state index in [0.717, 1.165) is 32.1 Å². The third-order valence-electron chi connectivity index (χ3n) is 9.59. The van der Waals surface area contributed by atoms with Crippen LogP contribution in [-0.4, -0.2) is 11.7 Å². The van der Waals surface area contributed by atoms with E-state index in [1.807, 2.05) is 24.3 Å². The summed E-state index contributed by atoms with van der Waals surface area (Å²) in [5.41, 5.74) is 2.94. The van der Waals surface area contributed by atoms with Gasteiger partial charge in [-0.15, -0.1) is 0 Å². The molecule has 1 N–H and O–H groups in total. The van der Waals surface area contributed by atoms with Gasteiger partial charge in [-0.3, -0.25) is 9.59 Å². The van der Waals surface area contributed by atoms with E-state index < -0.39 is 0 Å². The molecule has 0 spiro atoms. The zero-order valence-electron chi connectivity index (χ0n) is 18.5. The molecule has 4 aliphatic rings. The van der Waals surface area contributed by atoms with Crippen molar-refractivity contribution in [3.8, 4) is 0 Å². The van der Waals surface area contributed by atoms with Crippen LogP contribution in [-0.2, 0) is 16.1 Å². The molecule has 0 aromatic heterocycles. The molecule has 0 bridgehead atoms.